The molecule has 5 atom stereocenters. The van der Waals surface area contributed by atoms with Gasteiger partial charge in [-0.05, 0) is 48.9 Å². The fourth-order valence-electron chi connectivity index (χ4n) is 4.55. The van der Waals surface area contributed by atoms with Gasteiger partial charge in [-0.2, -0.15) is 0 Å². The zero-order chi connectivity index (χ0) is 15.1. The maximum atomic E-state index is 11.1. The van der Waals surface area contributed by atoms with Gasteiger partial charge in [-0.1, -0.05) is 31.5 Å². The number of hydrogen-bond acceptors (Lipinski definition) is 3. The van der Waals surface area contributed by atoms with E-state index in [1.54, 1.807) is 0 Å². The highest BCUT2D eigenvalue weighted by atomic mass is 16.3. The topological polar surface area (TPSA) is 36.4 Å². The van der Waals surface area contributed by atoms with Gasteiger partial charge in [0.2, 0.25) is 0 Å². The minimum Gasteiger partial charge on any atom is -0.387 e. The van der Waals surface area contributed by atoms with E-state index < -0.39 is 6.10 Å². The van der Waals surface area contributed by atoms with E-state index in [0.717, 1.165) is 47.8 Å². The standard InChI is InChI=1S/C19H24N2O/c1-2-13-12-21-10-8-14(13)11-18(21)19(22)16-7-9-20-17-6-4-3-5-15(16)17/h3-7,9,13-14,18-19,22H,2,8,10-12H2,1H3/t13-,14+,18-,19+/m1/s1. The van der Waals surface area contributed by atoms with Crippen molar-refractivity contribution in [3.8, 4) is 0 Å². The molecule has 0 amide bonds. The predicted molar refractivity (Wildman–Crippen MR) is 88.6 cm³/mol. The van der Waals surface area contributed by atoms with Crippen molar-refractivity contribution < 1.29 is 5.11 Å². The van der Waals surface area contributed by atoms with Gasteiger partial charge < -0.3 is 5.11 Å². The number of pyridine rings is 1. The molecule has 2 aromatic rings. The highest BCUT2D eigenvalue weighted by Gasteiger charge is 2.42. The van der Waals surface area contributed by atoms with Crippen LogP contribution in [0.5, 0.6) is 0 Å². The quantitative estimate of drug-likeness (QED) is 0.943. The first-order valence-electron chi connectivity index (χ1n) is 8.53. The number of para-hydroxylation sites is 1. The van der Waals surface area contributed by atoms with Crippen LogP contribution in [-0.2, 0) is 0 Å². The molecular weight excluding hydrogens is 272 g/mol. The Bertz CT molecular complexity index is 666. The first kappa shape index (κ1) is 14.2. The van der Waals surface area contributed by atoms with E-state index in [0.29, 0.717) is 0 Å². The van der Waals surface area contributed by atoms with E-state index in [-0.39, 0.29) is 6.04 Å². The van der Waals surface area contributed by atoms with Crippen LogP contribution in [0.3, 0.4) is 0 Å². The number of nitrogens with zero attached hydrogens (tertiary/aromatic N) is 2. The summed E-state index contributed by atoms with van der Waals surface area (Å²) in [5.74, 6) is 1.62. The summed E-state index contributed by atoms with van der Waals surface area (Å²) >= 11 is 0. The third-order valence-corrected chi connectivity index (χ3v) is 5.83. The Morgan fingerprint density at radius 1 is 1.32 bits per heavy atom. The van der Waals surface area contributed by atoms with Gasteiger partial charge in [0.05, 0.1) is 11.6 Å². The molecule has 3 saturated heterocycles. The van der Waals surface area contributed by atoms with Crippen molar-refractivity contribution in [3.63, 3.8) is 0 Å². The van der Waals surface area contributed by atoms with Gasteiger partial charge in [-0.15, -0.1) is 0 Å². The Hall–Kier alpha value is -1.45. The summed E-state index contributed by atoms with van der Waals surface area (Å²) in [6.07, 6.45) is 5.12. The summed E-state index contributed by atoms with van der Waals surface area (Å²) in [5, 5.41) is 12.1. The maximum Gasteiger partial charge on any atom is 0.0952 e. The maximum absolute atomic E-state index is 11.1. The lowest BCUT2D eigenvalue weighted by atomic mass is 9.72. The average Bonchev–Trinajstić information content (AvgIpc) is 2.60. The lowest BCUT2D eigenvalue weighted by molar-refractivity contribution is -0.0562. The molecule has 1 aromatic heterocycles. The second-order valence-corrected chi connectivity index (χ2v) is 6.88. The molecule has 3 fully saturated rings. The molecule has 1 aromatic carbocycles. The second-order valence-electron chi connectivity index (χ2n) is 6.88. The lowest BCUT2D eigenvalue weighted by Gasteiger charge is -2.51. The molecule has 0 spiro atoms. The first-order valence-corrected chi connectivity index (χ1v) is 8.53. The Kier molecular flexibility index (Phi) is 3.63. The van der Waals surface area contributed by atoms with Crippen molar-refractivity contribution in [3.05, 3.63) is 42.1 Å². The van der Waals surface area contributed by atoms with E-state index in [4.69, 9.17) is 0 Å². The molecule has 1 unspecified atom stereocenters. The van der Waals surface area contributed by atoms with E-state index in [2.05, 4.69) is 22.9 Å². The summed E-state index contributed by atoms with van der Waals surface area (Å²) in [7, 11) is 0. The third kappa shape index (κ3) is 2.24. The van der Waals surface area contributed by atoms with Crippen LogP contribution in [0.4, 0.5) is 0 Å². The van der Waals surface area contributed by atoms with Gasteiger partial charge >= 0.3 is 0 Å². The van der Waals surface area contributed by atoms with E-state index >= 15 is 0 Å². The first-order chi connectivity index (χ1) is 10.8. The fourth-order valence-corrected chi connectivity index (χ4v) is 4.55. The highest BCUT2D eigenvalue weighted by Crippen LogP contribution is 2.42. The number of piperidine rings is 3. The van der Waals surface area contributed by atoms with Gasteiger partial charge in [0.25, 0.3) is 0 Å². The largest absolute Gasteiger partial charge is 0.387 e. The van der Waals surface area contributed by atoms with Gasteiger partial charge in [-0.25, -0.2) is 0 Å². The summed E-state index contributed by atoms with van der Waals surface area (Å²) < 4.78 is 0. The number of aromatic nitrogens is 1. The molecule has 3 nitrogen and oxygen atoms in total. The van der Waals surface area contributed by atoms with Crippen molar-refractivity contribution in [2.24, 2.45) is 11.8 Å². The monoisotopic (exact) mass is 296 g/mol. The summed E-state index contributed by atoms with van der Waals surface area (Å²) in [6.45, 7) is 4.60. The van der Waals surface area contributed by atoms with Gasteiger partial charge in [0, 0.05) is 24.2 Å². The molecule has 0 saturated carbocycles. The van der Waals surface area contributed by atoms with Crippen LogP contribution in [-0.4, -0.2) is 34.1 Å². The molecule has 3 heteroatoms. The second kappa shape index (κ2) is 5.64. The number of rotatable bonds is 3. The van der Waals surface area contributed by atoms with E-state index in [1.165, 1.54) is 12.8 Å². The van der Waals surface area contributed by atoms with E-state index in [9.17, 15) is 5.11 Å². The van der Waals surface area contributed by atoms with E-state index in [1.807, 2.05) is 30.5 Å². The van der Waals surface area contributed by atoms with Gasteiger partial charge in [0.15, 0.2) is 0 Å². The molecule has 5 rings (SSSR count). The summed E-state index contributed by atoms with van der Waals surface area (Å²) in [5.41, 5.74) is 2.01. The van der Waals surface area contributed by atoms with Crippen LogP contribution in [0.15, 0.2) is 36.5 Å². The Morgan fingerprint density at radius 3 is 2.95 bits per heavy atom. The Morgan fingerprint density at radius 2 is 2.18 bits per heavy atom. The molecule has 116 valence electrons. The zero-order valence-electron chi connectivity index (χ0n) is 13.2. The molecule has 22 heavy (non-hydrogen) atoms. The van der Waals surface area contributed by atoms with Crippen molar-refractivity contribution in [1.82, 2.24) is 9.88 Å². The number of aliphatic hydroxyl groups is 1. The smallest absolute Gasteiger partial charge is 0.0952 e. The minimum absolute atomic E-state index is 0.271. The number of benzene rings is 1. The highest BCUT2D eigenvalue weighted by molar-refractivity contribution is 5.82. The van der Waals surface area contributed by atoms with Crippen LogP contribution in [0.1, 0.15) is 37.9 Å². The van der Waals surface area contributed by atoms with Gasteiger partial charge in [-0.3, -0.25) is 9.88 Å². The number of fused-ring (bicyclic) bond motifs is 4. The summed E-state index contributed by atoms with van der Waals surface area (Å²) in [4.78, 5) is 6.94. The van der Waals surface area contributed by atoms with Crippen molar-refractivity contribution in [2.75, 3.05) is 13.1 Å². The number of aliphatic hydroxyl groups excluding tert-OH is 1. The molecule has 3 aliphatic heterocycles. The van der Waals surface area contributed by atoms with Crippen LogP contribution < -0.4 is 0 Å². The molecule has 3 aliphatic rings. The zero-order valence-corrected chi connectivity index (χ0v) is 13.2. The number of hydrogen-bond donors (Lipinski definition) is 1. The molecule has 0 aliphatic carbocycles. The molecule has 1 N–H and O–H groups in total. The summed E-state index contributed by atoms with van der Waals surface area (Å²) in [6, 6.07) is 10.4. The van der Waals surface area contributed by atoms with Crippen molar-refractivity contribution in [1.29, 1.82) is 0 Å². The van der Waals surface area contributed by atoms with Crippen LogP contribution in [0.25, 0.3) is 10.9 Å². The third-order valence-electron chi connectivity index (χ3n) is 5.83. The van der Waals surface area contributed by atoms with Crippen molar-refractivity contribution >= 4 is 10.9 Å². The van der Waals surface area contributed by atoms with Gasteiger partial charge in [0.1, 0.15) is 0 Å². The Balaban J connectivity index is 1.66. The fraction of sp³-hybridized carbons (Fsp3) is 0.526. The lowest BCUT2D eigenvalue weighted by Crippen LogP contribution is -2.55. The SMILES string of the molecule is CC[C@@H]1CN2CC[C@H]1C[C@@H]2[C@@H](O)c1ccnc2ccccc12. The van der Waals surface area contributed by atoms with Crippen LogP contribution >= 0.6 is 0 Å². The molecular formula is C19H24N2O. The normalized spacial score (nSPS) is 32.3. The predicted octanol–water partition coefficient (Wildman–Crippen LogP) is 3.39. The minimum atomic E-state index is -0.409. The Labute approximate surface area is 132 Å². The van der Waals surface area contributed by atoms with Crippen molar-refractivity contribution in [2.45, 2.75) is 38.3 Å². The average molecular weight is 296 g/mol. The molecule has 4 heterocycles. The molecule has 0 radical (unpaired) electrons. The molecule has 2 bridgehead atoms. The van der Waals surface area contributed by atoms with Crippen LogP contribution in [0.2, 0.25) is 0 Å². The van der Waals surface area contributed by atoms with Crippen LogP contribution in [0, 0.1) is 11.8 Å².